The van der Waals surface area contributed by atoms with Crippen LogP contribution in [0.2, 0.25) is 0 Å². The number of carbonyl (C=O) groups is 1. The molecule has 0 unspecified atom stereocenters. The summed E-state index contributed by atoms with van der Waals surface area (Å²) in [5.74, 6) is 0.362. The van der Waals surface area contributed by atoms with Crippen molar-refractivity contribution in [2.75, 3.05) is 39.9 Å². The molecule has 4 nitrogen and oxygen atoms in total. The molecule has 2 fully saturated rings. The standard InChI is InChI=1S/C18H30N2O2/c1-22-15-14-20-11-5-4-8-18(17(20)21)9-12-19(13-10-18)16-6-2-3-7-16/h4-5,16H,2-3,6-15H2,1H3. The van der Waals surface area contributed by atoms with E-state index in [1.165, 1.54) is 25.7 Å². The molecule has 1 spiro atoms. The molecule has 124 valence electrons. The lowest BCUT2D eigenvalue weighted by atomic mass is 9.74. The van der Waals surface area contributed by atoms with E-state index in [4.69, 9.17) is 4.74 Å². The van der Waals surface area contributed by atoms with Crippen LogP contribution in [-0.4, -0.2) is 61.6 Å². The Hall–Kier alpha value is -0.870. The maximum absolute atomic E-state index is 13.1. The van der Waals surface area contributed by atoms with Crippen molar-refractivity contribution in [2.24, 2.45) is 5.41 Å². The Morgan fingerprint density at radius 3 is 2.64 bits per heavy atom. The summed E-state index contributed by atoms with van der Waals surface area (Å²) in [6.45, 7) is 4.29. The Bertz CT molecular complexity index is 407. The molecule has 0 aromatic rings. The van der Waals surface area contributed by atoms with Crippen molar-refractivity contribution in [3.63, 3.8) is 0 Å². The minimum atomic E-state index is -0.143. The van der Waals surface area contributed by atoms with Crippen LogP contribution in [0.4, 0.5) is 0 Å². The molecular weight excluding hydrogens is 276 g/mol. The number of nitrogens with zero attached hydrogens (tertiary/aromatic N) is 2. The second kappa shape index (κ2) is 7.14. The van der Waals surface area contributed by atoms with Crippen LogP contribution in [0.1, 0.15) is 44.9 Å². The number of methoxy groups -OCH3 is 1. The summed E-state index contributed by atoms with van der Waals surface area (Å²) in [6, 6.07) is 0.790. The van der Waals surface area contributed by atoms with Crippen molar-refractivity contribution in [3.05, 3.63) is 12.2 Å². The summed E-state index contributed by atoms with van der Waals surface area (Å²) < 4.78 is 5.17. The predicted octanol–water partition coefficient (Wildman–Crippen LogP) is 2.45. The van der Waals surface area contributed by atoms with E-state index in [1.807, 2.05) is 4.90 Å². The number of rotatable bonds is 4. The predicted molar refractivity (Wildman–Crippen MR) is 87.7 cm³/mol. The van der Waals surface area contributed by atoms with Crippen LogP contribution < -0.4 is 0 Å². The zero-order valence-electron chi connectivity index (χ0n) is 13.9. The fraction of sp³-hybridized carbons (Fsp3) is 0.833. The molecule has 3 aliphatic rings. The Morgan fingerprint density at radius 1 is 1.23 bits per heavy atom. The van der Waals surface area contributed by atoms with E-state index < -0.39 is 0 Å². The number of hydrogen-bond donors (Lipinski definition) is 0. The van der Waals surface area contributed by atoms with E-state index in [0.717, 1.165) is 44.9 Å². The molecule has 1 amide bonds. The zero-order valence-corrected chi connectivity index (χ0v) is 13.9. The number of likely N-dealkylation sites (tertiary alicyclic amines) is 1. The molecule has 3 rings (SSSR count). The summed E-state index contributed by atoms with van der Waals surface area (Å²) in [6.07, 6.45) is 12.9. The molecule has 0 aromatic heterocycles. The van der Waals surface area contributed by atoms with Crippen molar-refractivity contribution in [3.8, 4) is 0 Å². The quantitative estimate of drug-likeness (QED) is 0.748. The number of amides is 1. The number of ether oxygens (including phenoxy) is 1. The first kappa shape index (κ1) is 16.0. The number of allylic oxidation sites excluding steroid dienone is 1. The number of piperidine rings is 1. The lowest BCUT2D eigenvalue weighted by Crippen LogP contribution is -2.51. The highest BCUT2D eigenvalue weighted by Gasteiger charge is 2.44. The van der Waals surface area contributed by atoms with E-state index in [2.05, 4.69) is 17.1 Å². The van der Waals surface area contributed by atoms with Crippen molar-refractivity contribution in [2.45, 2.75) is 51.0 Å². The van der Waals surface area contributed by atoms with Crippen LogP contribution in [0.15, 0.2) is 12.2 Å². The van der Waals surface area contributed by atoms with Gasteiger partial charge in [-0.1, -0.05) is 25.0 Å². The zero-order chi connectivity index (χ0) is 15.4. The molecule has 2 heterocycles. The van der Waals surface area contributed by atoms with Crippen LogP contribution in [0.3, 0.4) is 0 Å². The van der Waals surface area contributed by atoms with Crippen LogP contribution in [-0.2, 0) is 9.53 Å². The molecule has 0 atom stereocenters. The molecule has 0 radical (unpaired) electrons. The Kier molecular flexibility index (Phi) is 5.19. The molecule has 1 saturated carbocycles. The molecule has 2 aliphatic heterocycles. The van der Waals surface area contributed by atoms with Gasteiger partial charge < -0.3 is 14.5 Å². The van der Waals surface area contributed by atoms with Crippen molar-refractivity contribution >= 4 is 5.91 Å². The Balaban J connectivity index is 1.64. The topological polar surface area (TPSA) is 32.8 Å². The van der Waals surface area contributed by atoms with Crippen molar-refractivity contribution < 1.29 is 9.53 Å². The molecule has 1 aliphatic carbocycles. The lowest BCUT2D eigenvalue weighted by molar-refractivity contribution is -0.145. The van der Waals surface area contributed by atoms with Gasteiger partial charge in [0.1, 0.15) is 0 Å². The number of carbonyl (C=O) groups excluding carboxylic acids is 1. The van der Waals surface area contributed by atoms with Crippen molar-refractivity contribution in [1.29, 1.82) is 0 Å². The third-order valence-corrected chi connectivity index (χ3v) is 5.90. The fourth-order valence-electron chi connectivity index (χ4n) is 4.42. The maximum Gasteiger partial charge on any atom is 0.229 e. The first-order valence-electron chi connectivity index (χ1n) is 8.92. The third-order valence-electron chi connectivity index (χ3n) is 5.90. The van der Waals surface area contributed by atoms with Gasteiger partial charge in [0.2, 0.25) is 5.91 Å². The second-order valence-electron chi connectivity index (χ2n) is 7.17. The molecule has 22 heavy (non-hydrogen) atoms. The minimum absolute atomic E-state index is 0.143. The van der Waals surface area contributed by atoms with Gasteiger partial charge >= 0.3 is 0 Å². The van der Waals surface area contributed by atoms with Crippen LogP contribution >= 0.6 is 0 Å². The van der Waals surface area contributed by atoms with Crippen LogP contribution in [0.5, 0.6) is 0 Å². The van der Waals surface area contributed by atoms with Crippen molar-refractivity contribution in [1.82, 2.24) is 9.80 Å². The first-order valence-corrected chi connectivity index (χ1v) is 8.92. The minimum Gasteiger partial charge on any atom is -0.383 e. The SMILES string of the molecule is COCCN1CC=CCC2(CCN(C3CCCC3)CC2)C1=O. The van der Waals surface area contributed by atoms with Gasteiger partial charge in [0.05, 0.1) is 12.0 Å². The Morgan fingerprint density at radius 2 is 1.95 bits per heavy atom. The highest BCUT2D eigenvalue weighted by molar-refractivity contribution is 5.83. The highest BCUT2D eigenvalue weighted by Crippen LogP contribution is 2.40. The monoisotopic (exact) mass is 306 g/mol. The van der Waals surface area contributed by atoms with E-state index in [1.54, 1.807) is 7.11 Å². The maximum atomic E-state index is 13.1. The van der Waals surface area contributed by atoms with Gasteiger partial charge in [0.25, 0.3) is 0 Å². The molecule has 4 heteroatoms. The highest BCUT2D eigenvalue weighted by atomic mass is 16.5. The summed E-state index contributed by atoms with van der Waals surface area (Å²) >= 11 is 0. The summed E-state index contributed by atoms with van der Waals surface area (Å²) in [4.78, 5) is 17.7. The molecular formula is C18H30N2O2. The average Bonchev–Trinajstić information content (AvgIpc) is 3.04. The van der Waals surface area contributed by atoms with Gasteiger partial charge in [-0.15, -0.1) is 0 Å². The fourth-order valence-corrected chi connectivity index (χ4v) is 4.42. The van der Waals surface area contributed by atoms with E-state index in [0.29, 0.717) is 19.1 Å². The first-order chi connectivity index (χ1) is 10.7. The van der Waals surface area contributed by atoms with E-state index in [-0.39, 0.29) is 5.41 Å². The Labute approximate surface area is 134 Å². The normalized spacial score (nSPS) is 26.8. The lowest BCUT2D eigenvalue weighted by Gasteiger charge is -2.43. The third kappa shape index (κ3) is 3.23. The van der Waals surface area contributed by atoms with Gasteiger partial charge in [-0.3, -0.25) is 4.79 Å². The van der Waals surface area contributed by atoms with Crippen LogP contribution in [0.25, 0.3) is 0 Å². The molecule has 0 bridgehead atoms. The number of hydrogen-bond acceptors (Lipinski definition) is 3. The van der Waals surface area contributed by atoms with Gasteiger partial charge in [-0.2, -0.15) is 0 Å². The summed E-state index contributed by atoms with van der Waals surface area (Å²) in [5.41, 5.74) is -0.143. The molecule has 0 aromatic carbocycles. The van der Waals surface area contributed by atoms with E-state index in [9.17, 15) is 4.79 Å². The van der Waals surface area contributed by atoms with Gasteiger partial charge in [-0.25, -0.2) is 0 Å². The van der Waals surface area contributed by atoms with E-state index >= 15 is 0 Å². The molecule has 0 N–H and O–H groups in total. The smallest absolute Gasteiger partial charge is 0.229 e. The molecule has 1 saturated heterocycles. The van der Waals surface area contributed by atoms with Gasteiger partial charge in [0, 0.05) is 26.2 Å². The van der Waals surface area contributed by atoms with Crippen LogP contribution in [0, 0.1) is 5.41 Å². The average molecular weight is 306 g/mol. The largest absolute Gasteiger partial charge is 0.383 e. The second-order valence-corrected chi connectivity index (χ2v) is 7.17. The summed E-state index contributed by atoms with van der Waals surface area (Å²) in [5, 5.41) is 0. The van der Waals surface area contributed by atoms with Gasteiger partial charge in [-0.05, 0) is 45.2 Å². The summed E-state index contributed by atoms with van der Waals surface area (Å²) in [7, 11) is 1.70. The van der Waals surface area contributed by atoms with Gasteiger partial charge in [0.15, 0.2) is 0 Å².